The summed E-state index contributed by atoms with van der Waals surface area (Å²) >= 11 is 6.05. The first-order valence-corrected chi connectivity index (χ1v) is 6.47. The predicted molar refractivity (Wildman–Crippen MR) is 70.7 cm³/mol. The first-order valence-electron chi connectivity index (χ1n) is 6.10. The Labute approximate surface area is 112 Å². The van der Waals surface area contributed by atoms with Crippen LogP contribution in [-0.4, -0.2) is 30.5 Å². The zero-order valence-corrected chi connectivity index (χ0v) is 10.9. The van der Waals surface area contributed by atoms with Gasteiger partial charge in [0.15, 0.2) is 6.61 Å². The summed E-state index contributed by atoms with van der Waals surface area (Å²) in [5, 5.41) is 0.493. The summed E-state index contributed by atoms with van der Waals surface area (Å²) in [5.74, 6) is 0.549. The summed E-state index contributed by atoms with van der Waals surface area (Å²) < 4.78 is 5.45. The summed E-state index contributed by atoms with van der Waals surface area (Å²) in [6, 6.07) is 5.36. The topological polar surface area (TPSA) is 55.6 Å². The van der Waals surface area contributed by atoms with Crippen LogP contribution in [0.4, 0.5) is 0 Å². The fourth-order valence-corrected chi connectivity index (χ4v) is 2.24. The van der Waals surface area contributed by atoms with Crippen molar-refractivity contribution < 1.29 is 9.53 Å². The molecular weight excluding hydrogens is 252 g/mol. The van der Waals surface area contributed by atoms with Crippen molar-refractivity contribution in [3.8, 4) is 5.75 Å². The minimum Gasteiger partial charge on any atom is -0.482 e. The van der Waals surface area contributed by atoms with Crippen LogP contribution in [0.5, 0.6) is 5.75 Å². The molecule has 1 amide bonds. The van der Waals surface area contributed by atoms with Crippen molar-refractivity contribution in [3.05, 3.63) is 28.8 Å². The lowest BCUT2D eigenvalue weighted by Crippen LogP contribution is -2.32. The minimum atomic E-state index is 0.0199. The van der Waals surface area contributed by atoms with E-state index in [9.17, 15) is 4.79 Å². The molecule has 0 aromatic heterocycles. The molecule has 98 valence electrons. The average Bonchev–Trinajstić information content (AvgIpc) is 2.90. The average molecular weight is 269 g/mol. The number of hydrogen-bond acceptors (Lipinski definition) is 3. The van der Waals surface area contributed by atoms with Crippen molar-refractivity contribution in [1.29, 1.82) is 0 Å². The molecule has 1 aromatic carbocycles. The number of amides is 1. The molecule has 0 aliphatic carbocycles. The van der Waals surface area contributed by atoms with Gasteiger partial charge in [0.2, 0.25) is 0 Å². The van der Waals surface area contributed by atoms with Gasteiger partial charge in [-0.2, -0.15) is 0 Å². The smallest absolute Gasteiger partial charge is 0.260 e. The lowest BCUT2D eigenvalue weighted by atomic mass is 10.2. The number of carbonyl (C=O) groups excluding carboxylic acids is 1. The largest absolute Gasteiger partial charge is 0.482 e. The lowest BCUT2D eigenvalue weighted by molar-refractivity contribution is -0.132. The van der Waals surface area contributed by atoms with Gasteiger partial charge in [-0.15, -0.1) is 0 Å². The fraction of sp³-hybridized carbons (Fsp3) is 0.462. The normalized spacial score (nSPS) is 14.9. The van der Waals surface area contributed by atoms with Crippen LogP contribution in [0.3, 0.4) is 0 Å². The molecule has 2 N–H and O–H groups in total. The SMILES string of the molecule is NCc1ccc(OCC(=O)N2CCCC2)c(Cl)c1. The van der Waals surface area contributed by atoms with Crippen molar-refractivity contribution in [2.24, 2.45) is 5.73 Å². The maximum Gasteiger partial charge on any atom is 0.260 e. The number of halogens is 1. The molecule has 1 aliphatic heterocycles. The van der Waals surface area contributed by atoms with Crippen LogP contribution >= 0.6 is 11.6 Å². The van der Waals surface area contributed by atoms with E-state index in [1.807, 2.05) is 11.0 Å². The summed E-state index contributed by atoms with van der Waals surface area (Å²) in [6.07, 6.45) is 2.16. The van der Waals surface area contributed by atoms with Crippen molar-refractivity contribution in [2.45, 2.75) is 19.4 Å². The molecule has 18 heavy (non-hydrogen) atoms. The number of ether oxygens (including phenoxy) is 1. The molecule has 1 saturated heterocycles. The Kier molecular flexibility index (Phi) is 4.44. The highest BCUT2D eigenvalue weighted by Crippen LogP contribution is 2.25. The second kappa shape index (κ2) is 6.07. The second-order valence-corrected chi connectivity index (χ2v) is 4.75. The van der Waals surface area contributed by atoms with Crippen molar-refractivity contribution in [3.63, 3.8) is 0 Å². The van der Waals surface area contributed by atoms with E-state index in [0.717, 1.165) is 31.5 Å². The Morgan fingerprint density at radius 1 is 1.39 bits per heavy atom. The third kappa shape index (κ3) is 3.15. The molecule has 1 aliphatic rings. The highest BCUT2D eigenvalue weighted by Gasteiger charge is 2.18. The molecule has 0 saturated carbocycles. The van der Waals surface area contributed by atoms with E-state index in [0.29, 0.717) is 17.3 Å². The number of benzene rings is 1. The van der Waals surface area contributed by atoms with Gasteiger partial charge in [-0.3, -0.25) is 4.79 Å². The van der Waals surface area contributed by atoms with Crippen LogP contribution in [0.2, 0.25) is 5.02 Å². The maximum absolute atomic E-state index is 11.8. The summed E-state index contributed by atoms with van der Waals surface area (Å²) in [6.45, 7) is 2.15. The molecule has 0 radical (unpaired) electrons. The highest BCUT2D eigenvalue weighted by atomic mass is 35.5. The summed E-state index contributed by atoms with van der Waals surface area (Å²) in [5.41, 5.74) is 6.46. The molecule has 1 fully saturated rings. The standard InChI is InChI=1S/C13H17ClN2O2/c14-11-7-10(8-15)3-4-12(11)18-9-13(17)16-5-1-2-6-16/h3-4,7H,1-2,5-6,8-9,15H2. The van der Waals surface area contributed by atoms with Gasteiger partial charge < -0.3 is 15.4 Å². The molecule has 1 heterocycles. The van der Waals surface area contributed by atoms with E-state index in [2.05, 4.69) is 0 Å². The molecule has 0 unspecified atom stereocenters. The highest BCUT2D eigenvalue weighted by molar-refractivity contribution is 6.32. The quantitative estimate of drug-likeness (QED) is 0.906. The monoisotopic (exact) mass is 268 g/mol. The van der Waals surface area contributed by atoms with Gasteiger partial charge >= 0.3 is 0 Å². The van der Waals surface area contributed by atoms with E-state index in [1.54, 1.807) is 12.1 Å². The zero-order valence-electron chi connectivity index (χ0n) is 10.2. The second-order valence-electron chi connectivity index (χ2n) is 4.35. The van der Waals surface area contributed by atoms with Crippen molar-refractivity contribution in [2.75, 3.05) is 19.7 Å². The lowest BCUT2D eigenvalue weighted by Gasteiger charge is -2.16. The number of nitrogens with two attached hydrogens (primary N) is 1. The third-order valence-corrected chi connectivity index (χ3v) is 3.34. The number of likely N-dealkylation sites (tertiary alicyclic amines) is 1. The van der Waals surface area contributed by atoms with Crippen LogP contribution in [-0.2, 0) is 11.3 Å². The molecule has 0 spiro atoms. The first kappa shape index (κ1) is 13.2. The van der Waals surface area contributed by atoms with Crippen LogP contribution in [0.15, 0.2) is 18.2 Å². The Balaban J connectivity index is 1.91. The molecule has 4 nitrogen and oxygen atoms in total. The molecule has 1 aromatic rings. The van der Waals surface area contributed by atoms with Gasteiger partial charge in [-0.25, -0.2) is 0 Å². The van der Waals surface area contributed by atoms with E-state index in [4.69, 9.17) is 22.1 Å². The van der Waals surface area contributed by atoms with Crippen molar-refractivity contribution >= 4 is 17.5 Å². The zero-order chi connectivity index (χ0) is 13.0. The van der Waals surface area contributed by atoms with E-state index < -0.39 is 0 Å². The van der Waals surface area contributed by atoms with Gasteiger partial charge in [-0.1, -0.05) is 17.7 Å². The number of nitrogens with zero attached hydrogens (tertiary/aromatic N) is 1. The number of carbonyl (C=O) groups is 1. The third-order valence-electron chi connectivity index (χ3n) is 3.04. The number of rotatable bonds is 4. The molecule has 2 rings (SSSR count). The molecule has 0 bridgehead atoms. The van der Waals surface area contributed by atoms with E-state index >= 15 is 0 Å². The molecule has 5 heteroatoms. The Hall–Kier alpha value is -1.26. The molecule has 0 atom stereocenters. The van der Waals surface area contributed by atoms with Crippen LogP contribution in [0.25, 0.3) is 0 Å². The van der Waals surface area contributed by atoms with Gasteiger partial charge in [0.25, 0.3) is 5.91 Å². The van der Waals surface area contributed by atoms with Crippen LogP contribution in [0, 0.1) is 0 Å². The summed E-state index contributed by atoms with van der Waals surface area (Å²) in [7, 11) is 0. The van der Waals surface area contributed by atoms with Crippen LogP contribution in [0.1, 0.15) is 18.4 Å². The first-order chi connectivity index (χ1) is 8.70. The summed E-state index contributed by atoms with van der Waals surface area (Å²) in [4.78, 5) is 13.6. The van der Waals surface area contributed by atoms with Crippen molar-refractivity contribution in [1.82, 2.24) is 4.90 Å². The van der Waals surface area contributed by atoms with Crippen LogP contribution < -0.4 is 10.5 Å². The van der Waals surface area contributed by atoms with Gasteiger partial charge in [0.1, 0.15) is 5.75 Å². The Morgan fingerprint density at radius 3 is 2.72 bits per heavy atom. The van der Waals surface area contributed by atoms with Gasteiger partial charge in [0, 0.05) is 19.6 Å². The predicted octanol–water partition coefficient (Wildman–Crippen LogP) is 1.80. The fourth-order valence-electron chi connectivity index (χ4n) is 1.99. The number of hydrogen-bond donors (Lipinski definition) is 1. The maximum atomic E-state index is 11.8. The Bertz CT molecular complexity index is 431. The van der Waals surface area contributed by atoms with E-state index in [1.165, 1.54) is 0 Å². The van der Waals surface area contributed by atoms with Gasteiger partial charge in [0.05, 0.1) is 5.02 Å². The Morgan fingerprint density at radius 2 is 2.11 bits per heavy atom. The minimum absolute atomic E-state index is 0.0199. The van der Waals surface area contributed by atoms with Gasteiger partial charge in [-0.05, 0) is 30.5 Å². The van der Waals surface area contributed by atoms with E-state index in [-0.39, 0.29) is 12.5 Å². The molecular formula is C13H17ClN2O2.